The molecule has 1 saturated heterocycles. The van der Waals surface area contributed by atoms with Gasteiger partial charge in [-0.05, 0) is 38.3 Å². The maximum atomic E-state index is 9.67. The summed E-state index contributed by atoms with van der Waals surface area (Å²) in [5.74, 6) is 0. The molecule has 0 aromatic heterocycles. The summed E-state index contributed by atoms with van der Waals surface area (Å²) in [7, 11) is 0. The van der Waals surface area contributed by atoms with Crippen LogP contribution in [0.4, 0.5) is 0 Å². The van der Waals surface area contributed by atoms with Crippen LogP contribution < -0.4 is 5.32 Å². The van der Waals surface area contributed by atoms with E-state index in [4.69, 9.17) is 0 Å². The number of nitrogens with zero attached hydrogens (tertiary/aromatic N) is 1. The van der Waals surface area contributed by atoms with Crippen LogP contribution in [0.3, 0.4) is 0 Å². The average Bonchev–Trinajstić information content (AvgIpc) is 2.39. The molecule has 114 valence electrons. The number of aliphatic hydroxyl groups is 1. The lowest BCUT2D eigenvalue weighted by molar-refractivity contribution is 0.0555. The SMILES string of the molecule is CCC1(CC)CCN(CC(C)(CO)NC(C)C)CC1. The summed E-state index contributed by atoms with van der Waals surface area (Å²) in [6.07, 6.45) is 5.23. The summed E-state index contributed by atoms with van der Waals surface area (Å²) in [4.78, 5) is 2.52. The first-order valence-electron chi connectivity index (χ1n) is 7.99. The van der Waals surface area contributed by atoms with Crippen molar-refractivity contribution in [3.63, 3.8) is 0 Å². The van der Waals surface area contributed by atoms with Crippen LogP contribution >= 0.6 is 0 Å². The average molecular weight is 270 g/mol. The Morgan fingerprint density at radius 2 is 1.74 bits per heavy atom. The summed E-state index contributed by atoms with van der Waals surface area (Å²) in [5, 5.41) is 13.2. The monoisotopic (exact) mass is 270 g/mol. The summed E-state index contributed by atoms with van der Waals surface area (Å²) in [6, 6.07) is 0.410. The number of rotatable bonds is 7. The van der Waals surface area contributed by atoms with Gasteiger partial charge in [0.2, 0.25) is 0 Å². The Morgan fingerprint density at radius 3 is 2.11 bits per heavy atom. The molecule has 19 heavy (non-hydrogen) atoms. The van der Waals surface area contributed by atoms with Gasteiger partial charge in [0.15, 0.2) is 0 Å². The summed E-state index contributed by atoms with van der Waals surface area (Å²) in [5.41, 5.74) is 0.407. The quantitative estimate of drug-likeness (QED) is 0.746. The molecule has 0 saturated carbocycles. The van der Waals surface area contributed by atoms with Gasteiger partial charge in [-0.1, -0.05) is 40.5 Å². The molecule has 0 radical (unpaired) electrons. The van der Waals surface area contributed by atoms with Crippen molar-refractivity contribution in [3.05, 3.63) is 0 Å². The maximum Gasteiger partial charge on any atom is 0.0623 e. The van der Waals surface area contributed by atoms with Crippen molar-refractivity contribution in [2.24, 2.45) is 5.41 Å². The molecule has 2 N–H and O–H groups in total. The Bertz CT molecular complexity index is 253. The van der Waals surface area contributed by atoms with Crippen molar-refractivity contribution in [2.75, 3.05) is 26.2 Å². The molecular weight excluding hydrogens is 236 g/mol. The van der Waals surface area contributed by atoms with E-state index in [0.717, 1.165) is 6.54 Å². The third kappa shape index (κ3) is 4.73. The minimum atomic E-state index is -0.174. The topological polar surface area (TPSA) is 35.5 Å². The van der Waals surface area contributed by atoms with E-state index in [1.165, 1.54) is 38.8 Å². The molecule has 1 atom stereocenters. The zero-order valence-corrected chi connectivity index (χ0v) is 13.6. The van der Waals surface area contributed by atoms with Gasteiger partial charge >= 0.3 is 0 Å². The van der Waals surface area contributed by atoms with E-state index >= 15 is 0 Å². The van der Waals surface area contributed by atoms with E-state index in [-0.39, 0.29) is 12.1 Å². The van der Waals surface area contributed by atoms with Crippen LogP contribution in [-0.2, 0) is 0 Å². The minimum absolute atomic E-state index is 0.174. The number of piperidine rings is 1. The van der Waals surface area contributed by atoms with E-state index in [0.29, 0.717) is 11.5 Å². The van der Waals surface area contributed by atoms with Gasteiger partial charge in [0, 0.05) is 12.6 Å². The fourth-order valence-corrected chi connectivity index (χ4v) is 3.47. The molecule has 1 heterocycles. The number of likely N-dealkylation sites (tertiary alicyclic amines) is 1. The zero-order chi connectivity index (χ0) is 14.5. The standard InChI is InChI=1S/C16H34N2O/c1-6-16(7-2)8-10-18(11-9-16)12-15(5,13-19)17-14(3)4/h14,17,19H,6-13H2,1-5H3. The predicted molar refractivity (Wildman–Crippen MR) is 82.5 cm³/mol. The second-order valence-electron chi connectivity index (χ2n) is 7.00. The molecule has 3 nitrogen and oxygen atoms in total. The third-order valence-electron chi connectivity index (χ3n) is 4.98. The highest BCUT2D eigenvalue weighted by Crippen LogP contribution is 2.38. The molecule has 1 rings (SSSR count). The Kier molecular flexibility index (Phi) is 6.28. The van der Waals surface area contributed by atoms with Crippen molar-refractivity contribution in [2.45, 2.75) is 71.9 Å². The van der Waals surface area contributed by atoms with Crippen LogP contribution in [0.25, 0.3) is 0 Å². The number of hydrogen-bond acceptors (Lipinski definition) is 3. The van der Waals surface area contributed by atoms with E-state index in [1.807, 2.05) is 0 Å². The van der Waals surface area contributed by atoms with Crippen molar-refractivity contribution >= 4 is 0 Å². The van der Waals surface area contributed by atoms with Gasteiger partial charge in [0.1, 0.15) is 0 Å². The fourth-order valence-electron chi connectivity index (χ4n) is 3.47. The highest BCUT2D eigenvalue weighted by Gasteiger charge is 2.34. The molecular formula is C16H34N2O. The molecule has 1 aliphatic rings. The number of nitrogens with one attached hydrogen (secondary N) is 1. The van der Waals surface area contributed by atoms with Crippen molar-refractivity contribution in [3.8, 4) is 0 Å². The molecule has 0 aromatic carbocycles. The summed E-state index contributed by atoms with van der Waals surface area (Å²) >= 11 is 0. The zero-order valence-electron chi connectivity index (χ0n) is 13.6. The molecule has 1 unspecified atom stereocenters. The van der Waals surface area contributed by atoms with Crippen LogP contribution in [0.1, 0.15) is 60.3 Å². The highest BCUT2D eigenvalue weighted by atomic mass is 16.3. The number of aliphatic hydroxyl groups excluding tert-OH is 1. The molecule has 1 fully saturated rings. The summed E-state index contributed by atoms with van der Waals surface area (Å²) < 4.78 is 0. The van der Waals surface area contributed by atoms with E-state index in [9.17, 15) is 5.11 Å². The van der Waals surface area contributed by atoms with Gasteiger partial charge < -0.3 is 15.3 Å². The maximum absolute atomic E-state index is 9.67. The second kappa shape index (κ2) is 7.05. The van der Waals surface area contributed by atoms with Gasteiger partial charge in [-0.15, -0.1) is 0 Å². The Balaban J connectivity index is 2.51. The van der Waals surface area contributed by atoms with Gasteiger partial charge in [-0.2, -0.15) is 0 Å². The molecule has 1 aliphatic heterocycles. The normalized spacial score (nSPS) is 23.5. The van der Waals surface area contributed by atoms with Crippen molar-refractivity contribution in [1.29, 1.82) is 0 Å². The minimum Gasteiger partial charge on any atom is -0.394 e. The van der Waals surface area contributed by atoms with Gasteiger partial charge in [0.05, 0.1) is 12.1 Å². The lowest BCUT2D eigenvalue weighted by Gasteiger charge is -2.44. The van der Waals surface area contributed by atoms with E-state index < -0.39 is 0 Å². The molecule has 3 heteroatoms. The lowest BCUT2D eigenvalue weighted by atomic mass is 9.74. The first kappa shape index (κ1) is 16.9. The Labute approximate surface area is 119 Å². The van der Waals surface area contributed by atoms with Crippen molar-refractivity contribution in [1.82, 2.24) is 10.2 Å². The Morgan fingerprint density at radius 1 is 1.21 bits per heavy atom. The predicted octanol–water partition coefficient (Wildman–Crippen LogP) is 2.64. The summed E-state index contributed by atoms with van der Waals surface area (Å²) in [6.45, 7) is 14.6. The van der Waals surface area contributed by atoms with Gasteiger partial charge in [0.25, 0.3) is 0 Å². The van der Waals surface area contributed by atoms with Crippen molar-refractivity contribution < 1.29 is 5.11 Å². The largest absolute Gasteiger partial charge is 0.394 e. The van der Waals surface area contributed by atoms with Crippen LogP contribution in [0.5, 0.6) is 0 Å². The molecule has 0 aliphatic carbocycles. The van der Waals surface area contributed by atoms with Crippen LogP contribution in [0.2, 0.25) is 0 Å². The highest BCUT2D eigenvalue weighted by molar-refractivity contribution is 4.91. The Hall–Kier alpha value is -0.120. The van der Waals surface area contributed by atoms with E-state index in [1.54, 1.807) is 0 Å². The third-order valence-corrected chi connectivity index (χ3v) is 4.98. The first-order valence-corrected chi connectivity index (χ1v) is 7.99. The smallest absolute Gasteiger partial charge is 0.0623 e. The van der Waals surface area contributed by atoms with Crippen LogP contribution in [-0.4, -0.2) is 47.8 Å². The molecule has 0 spiro atoms. The van der Waals surface area contributed by atoms with Crippen LogP contribution in [0, 0.1) is 5.41 Å². The van der Waals surface area contributed by atoms with E-state index in [2.05, 4.69) is 44.8 Å². The number of hydrogen-bond donors (Lipinski definition) is 2. The molecule has 0 aromatic rings. The molecule has 0 amide bonds. The van der Waals surface area contributed by atoms with Gasteiger partial charge in [-0.25, -0.2) is 0 Å². The molecule has 0 bridgehead atoms. The van der Waals surface area contributed by atoms with Gasteiger partial charge in [-0.3, -0.25) is 0 Å². The lowest BCUT2D eigenvalue weighted by Crippen LogP contribution is -2.57. The fraction of sp³-hybridized carbons (Fsp3) is 1.00. The second-order valence-corrected chi connectivity index (χ2v) is 7.00. The van der Waals surface area contributed by atoms with Crippen LogP contribution in [0.15, 0.2) is 0 Å². The first-order chi connectivity index (χ1) is 8.88.